The molecular formula is C18H15N5O3S. The Hall–Kier alpha value is -3.33. The first-order valence-corrected chi connectivity index (χ1v) is 9.32. The largest absolute Gasteiger partial charge is 0.492 e. The standard InChI is InChI=1S/C18H15N5O3S/c1-2-14-15(26-11-25-14)9-13(1)24-7-6-19-16-3-4-17-20-21-18(23(17)22-16)12-5-8-27-10-12/h1-5,8-10H,6-7,11H2,(H,19,22). The highest BCUT2D eigenvalue weighted by Gasteiger charge is 2.13. The van der Waals surface area contributed by atoms with E-state index in [2.05, 4.69) is 20.6 Å². The van der Waals surface area contributed by atoms with Gasteiger partial charge in [-0.1, -0.05) is 0 Å². The molecule has 136 valence electrons. The van der Waals surface area contributed by atoms with Gasteiger partial charge in [-0.25, -0.2) is 0 Å². The number of fused-ring (bicyclic) bond motifs is 2. The predicted molar refractivity (Wildman–Crippen MR) is 101 cm³/mol. The van der Waals surface area contributed by atoms with Crippen LogP contribution in [0.2, 0.25) is 0 Å². The Bertz CT molecular complexity index is 1080. The molecule has 4 aromatic rings. The van der Waals surface area contributed by atoms with E-state index >= 15 is 0 Å². The summed E-state index contributed by atoms with van der Waals surface area (Å²) < 4.78 is 18.1. The summed E-state index contributed by atoms with van der Waals surface area (Å²) in [6, 6.07) is 11.3. The molecule has 5 rings (SSSR count). The Kier molecular flexibility index (Phi) is 3.98. The molecule has 8 nitrogen and oxygen atoms in total. The van der Waals surface area contributed by atoms with E-state index in [4.69, 9.17) is 14.2 Å². The second-order valence-corrected chi connectivity index (χ2v) is 6.59. The van der Waals surface area contributed by atoms with Crippen LogP contribution in [-0.4, -0.2) is 39.8 Å². The van der Waals surface area contributed by atoms with E-state index in [0.29, 0.717) is 24.5 Å². The molecule has 3 aromatic heterocycles. The average Bonchev–Trinajstić information content (AvgIpc) is 3.44. The first-order valence-electron chi connectivity index (χ1n) is 8.38. The normalized spacial score (nSPS) is 12.4. The Balaban J connectivity index is 1.23. The molecule has 0 unspecified atom stereocenters. The third kappa shape index (κ3) is 3.13. The van der Waals surface area contributed by atoms with Gasteiger partial charge in [0.15, 0.2) is 23.0 Å². The van der Waals surface area contributed by atoms with Gasteiger partial charge < -0.3 is 19.5 Å². The molecule has 0 saturated heterocycles. The molecule has 0 radical (unpaired) electrons. The van der Waals surface area contributed by atoms with Crippen LogP contribution in [0.4, 0.5) is 5.82 Å². The van der Waals surface area contributed by atoms with Crippen LogP contribution in [0.5, 0.6) is 17.2 Å². The number of rotatable bonds is 6. The number of thiophene rings is 1. The molecule has 1 aliphatic heterocycles. The van der Waals surface area contributed by atoms with Crippen molar-refractivity contribution in [3.05, 3.63) is 47.2 Å². The van der Waals surface area contributed by atoms with Gasteiger partial charge in [0.2, 0.25) is 6.79 Å². The van der Waals surface area contributed by atoms with Crippen molar-refractivity contribution in [1.29, 1.82) is 0 Å². The molecule has 9 heteroatoms. The number of benzene rings is 1. The average molecular weight is 381 g/mol. The van der Waals surface area contributed by atoms with Crippen LogP contribution in [-0.2, 0) is 0 Å². The molecule has 0 aliphatic carbocycles. The SMILES string of the molecule is c1cc(-c2nnc3ccc(NCCOc4ccc5c(c4)OCO5)nn23)cs1. The molecule has 0 fully saturated rings. The van der Waals surface area contributed by atoms with E-state index in [1.54, 1.807) is 15.9 Å². The monoisotopic (exact) mass is 381 g/mol. The smallest absolute Gasteiger partial charge is 0.231 e. The van der Waals surface area contributed by atoms with Gasteiger partial charge in [0.1, 0.15) is 18.2 Å². The summed E-state index contributed by atoms with van der Waals surface area (Å²) in [5, 5.41) is 20.3. The van der Waals surface area contributed by atoms with E-state index in [1.807, 2.05) is 47.2 Å². The van der Waals surface area contributed by atoms with Crippen molar-refractivity contribution in [3.8, 4) is 28.6 Å². The summed E-state index contributed by atoms with van der Waals surface area (Å²) in [7, 11) is 0. The minimum Gasteiger partial charge on any atom is -0.492 e. The molecule has 0 amide bonds. The molecule has 0 saturated carbocycles. The lowest BCUT2D eigenvalue weighted by Crippen LogP contribution is -2.13. The molecule has 0 spiro atoms. The summed E-state index contributed by atoms with van der Waals surface area (Å²) in [4.78, 5) is 0. The Morgan fingerprint density at radius 3 is 3.00 bits per heavy atom. The van der Waals surface area contributed by atoms with E-state index in [0.717, 1.165) is 28.7 Å². The second-order valence-electron chi connectivity index (χ2n) is 5.81. The Labute approximate surface area is 158 Å². The van der Waals surface area contributed by atoms with Crippen molar-refractivity contribution < 1.29 is 14.2 Å². The topological polar surface area (TPSA) is 82.8 Å². The van der Waals surface area contributed by atoms with Gasteiger partial charge in [-0.2, -0.15) is 15.9 Å². The van der Waals surface area contributed by atoms with Crippen molar-refractivity contribution in [2.24, 2.45) is 0 Å². The lowest BCUT2D eigenvalue weighted by Gasteiger charge is -2.09. The highest BCUT2D eigenvalue weighted by atomic mass is 32.1. The minimum atomic E-state index is 0.255. The zero-order chi connectivity index (χ0) is 18.1. The maximum absolute atomic E-state index is 5.75. The van der Waals surface area contributed by atoms with Crippen molar-refractivity contribution in [2.45, 2.75) is 0 Å². The fourth-order valence-electron chi connectivity index (χ4n) is 2.77. The quantitative estimate of drug-likeness (QED) is 0.514. The van der Waals surface area contributed by atoms with Gasteiger partial charge in [0, 0.05) is 17.0 Å². The van der Waals surface area contributed by atoms with Gasteiger partial charge in [0.05, 0.1) is 6.54 Å². The zero-order valence-electron chi connectivity index (χ0n) is 14.2. The first-order chi connectivity index (χ1) is 13.4. The third-order valence-corrected chi connectivity index (χ3v) is 4.75. The van der Waals surface area contributed by atoms with E-state index < -0.39 is 0 Å². The van der Waals surface area contributed by atoms with Crippen molar-refractivity contribution in [2.75, 3.05) is 25.3 Å². The second kappa shape index (κ2) is 6.76. The Morgan fingerprint density at radius 1 is 1.11 bits per heavy atom. The van der Waals surface area contributed by atoms with Crippen molar-refractivity contribution in [1.82, 2.24) is 19.8 Å². The summed E-state index contributed by atoms with van der Waals surface area (Å²) in [5.74, 6) is 3.65. The van der Waals surface area contributed by atoms with Gasteiger partial charge in [0.25, 0.3) is 0 Å². The minimum absolute atomic E-state index is 0.255. The number of aromatic nitrogens is 4. The molecule has 0 atom stereocenters. The molecule has 0 bridgehead atoms. The number of hydrogen-bond donors (Lipinski definition) is 1. The lowest BCUT2D eigenvalue weighted by molar-refractivity contribution is 0.174. The van der Waals surface area contributed by atoms with Crippen molar-refractivity contribution in [3.63, 3.8) is 0 Å². The van der Waals surface area contributed by atoms with Gasteiger partial charge in [-0.3, -0.25) is 0 Å². The van der Waals surface area contributed by atoms with Crippen LogP contribution < -0.4 is 19.5 Å². The summed E-state index contributed by atoms with van der Waals surface area (Å²) >= 11 is 1.61. The molecular weight excluding hydrogens is 366 g/mol. The number of anilines is 1. The molecule has 27 heavy (non-hydrogen) atoms. The van der Waals surface area contributed by atoms with E-state index in [9.17, 15) is 0 Å². The lowest BCUT2D eigenvalue weighted by atomic mass is 10.3. The van der Waals surface area contributed by atoms with Crippen molar-refractivity contribution >= 4 is 22.8 Å². The molecule has 1 aromatic carbocycles. The number of ether oxygens (including phenoxy) is 3. The molecule has 1 N–H and O–H groups in total. The van der Waals surface area contributed by atoms with Crippen LogP contribution in [0.25, 0.3) is 17.0 Å². The predicted octanol–water partition coefficient (Wildman–Crippen LogP) is 3.07. The summed E-state index contributed by atoms with van der Waals surface area (Å²) in [5.41, 5.74) is 1.71. The maximum atomic E-state index is 5.75. The highest BCUT2D eigenvalue weighted by Crippen LogP contribution is 2.35. The number of nitrogens with zero attached hydrogens (tertiary/aromatic N) is 4. The van der Waals surface area contributed by atoms with Crippen LogP contribution in [0, 0.1) is 0 Å². The fourth-order valence-corrected chi connectivity index (χ4v) is 3.40. The highest BCUT2D eigenvalue weighted by molar-refractivity contribution is 7.08. The van der Waals surface area contributed by atoms with Crippen LogP contribution in [0.15, 0.2) is 47.2 Å². The Morgan fingerprint density at radius 2 is 2.07 bits per heavy atom. The number of hydrogen-bond acceptors (Lipinski definition) is 8. The van der Waals surface area contributed by atoms with Crippen LogP contribution in [0.1, 0.15) is 0 Å². The fraction of sp³-hybridized carbons (Fsp3) is 0.167. The van der Waals surface area contributed by atoms with Gasteiger partial charge in [-0.05, 0) is 35.7 Å². The maximum Gasteiger partial charge on any atom is 0.231 e. The van der Waals surface area contributed by atoms with Gasteiger partial charge in [-0.15, -0.1) is 15.3 Å². The van der Waals surface area contributed by atoms with Gasteiger partial charge >= 0.3 is 0 Å². The van der Waals surface area contributed by atoms with E-state index in [1.165, 1.54) is 0 Å². The van der Waals surface area contributed by atoms with E-state index in [-0.39, 0.29) is 6.79 Å². The van der Waals surface area contributed by atoms with Crippen LogP contribution in [0.3, 0.4) is 0 Å². The van der Waals surface area contributed by atoms with Crippen LogP contribution >= 0.6 is 11.3 Å². The summed E-state index contributed by atoms with van der Waals surface area (Å²) in [6.45, 7) is 1.34. The number of nitrogens with one attached hydrogen (secondary N) is 1. The molecule has 1 aliphatic rings. The summed E-state index contributed by atoms with van der Waals surface area (Å²) in [6.07, 6.45) is 0. The third-order valence-electron chi connectivity index (χ3n) is 4.06. The zero-order valence-corrected chi connectivity index (χ0v) is 15.0. The molecule has 4 heterocycles. The first kappa shape index (κ1) is 15.9.